The molecule has 1 rings (SSSR count). The molecule has 0 radical (unpaired) electrons. The summed E-state index contributed by atoms with van der Waals surface area (Å²) in [5.74, 6) is 0.709. The molecule has 0 aromatic heterocycles. The van der Waals surface area contributed by atoms with Crippen LogP contribution in [0.5, 0.6) is 5.75 Å². The van der Waals surface area contributed by atoms with Crippen LogP contribution in [0.2, 0.25) is 0 Å². The van der Waals surface area contributed by atoms with E-state index in [9.17, 15) is 4.79 Å². The van der Waals surface area contributed by atoms with Gasteiger partial charge in [-0.1, -0.05) is 6.07 Å². The molecule has 0 heterocycles. The molecule has 1 amide bonds. The molecule has 0 aliphatic heterocycles. The molecule has 0 spiro atoms. The number of nitrogens with one attached hydrogen (secondary N) is 1. The van der Waals surface area contributed by atoms with Crippen LogP contribution in [-0.2, 0) is 4.79 Å². The van der Waals surface area contributed by atoms with Gasteiger partial charge in [0.25, 0.3) is 0 Å². The van der Waals surface area contributed by atoms with E-state index in [0.717, 1.165) is 11.4 Å². The predicted molar refractivity (Wildman–Crippen MR) is 67.2 cm³/mol. The molecular weight excluding hydrogens is 228 g/mol. The van der Waals surface area contributed by atoms with E-state index in [4.69, 9.17) is 10.5 Å². The lowest BCUT2D eigenvalue weighted by molar-refractivity contribution is -0.116. The van der Waals surface area contributed by atoms with Crippen molar-refractivity contribution in [1.29, 1.82) is 0 Å². The number of ether oxygens (including phenoxy) is 1. The van der Waals surface area contributed by atoms with Crippen molar-refractivity contribution in [3.8, 4) is 5.75 Å². The Bertz CT molecular complexity index is 332. The maximum Gasteiger partial charge on any atom is 0.224 e. The summed E-state index contributed by atoms with van der Waals surface area (Å²) in [5.41, 5.74) is 6.06. The lowest BCUT2D eigenvalue weighted by Gasteiger charge is -2.06. The normalized spacial score (nSPS) is 9.12. The predicted octanol–water partition coefficient (Wildman–Crippen LogP) is 1.79. The number of hydrogen-bond donors (Lipinski definition) is 2. The Kier molecular flexibility index (Phi) is 7.33. The molecule has 3 N–H and O–H groups in total. The van der Waals surface area contributed by atoms with Crippen LogP contribution in [0.15, 0.2) is 24.3 Å². The smallest absolute Gasteiger partial charge is 0.224 e. The summed E-state index contributed by atoms with van der Waals surface area (Å²) in [6.07, 6.45) is 1.16. The van der Waals surface area contributed by atoms with Crippen LogP contribution in [-0.4, -0.2) is 19.6 Å². The third-order valence-electron chi connectivity index (χ3n) is 1.96. The highest BCUT2D eigenvalue weighted by molar-refractivity contribution is 5.90. The van der Waals surface area contributed by atoms with E-state index in [1.807, 2.05) is 18.2 Å². The molecule has 1 aromatic carbocycles. The molecule has 0 aliphatic rings. The SMILES string of the molecule is COc1cccc(NC(=O)CCCN)c1.Cl. The van der Waals surface area contributed by atoms with Crippen molar-refractivity contribution in [2.24, 2.45) is 5.73 Å². The van der Waals surface area contributed by atoms with Gasteiger partial charge in [-0.2, -0.15) is 0 Å². The monoisotopic (exact) mass is 244 g/mol. The van der Waals surface area contributed by atoms with Gasteiger partial charge in [0.05, 0.1) is 7.11 Å². The number of carbonyl (C=O) groups excluding carboxylic acids is 1. The van der Waals surface area contributed by atoms with Gasteiger partial charge in [-0.15, -0.1) is 12.4 Å². The largest absolute Gasteiger partial charge is 0.497 e. The van der Waals surface area contributed by atoms with Gasteiger partial charge < -0.3 is 15.8 Å². The van der Waals surface area contributed by atoms with Crippen molar-refractivity contribution >= 4 is 24.0 Å². The number of benzene rings is 1. The van der Waals surface area contributed by atoms with Crippen LogP contribution in [0.1, 0.15) is 12.8 Å². The number of anilines is 1. The molecule has 0 atom stereocenters. The Morgan fingerprint density at radius 3 is 2.88 bits per heavy atom. The Hall–Kier alpha value is -1.26. The number of halogens is 1. The van der Waals surface area contributed by atoms with Crippen molar-refractivity contribution in [1.82, 2.24) is 0 Å². The fraction of sp³-hybridized carbons (Fsp3) is 0.364. The van der Waals surface area contributed by atoms with Gasteiger partial charge in [-0.25, -0.2) is 0 Å². The van der Waals surface area contributed by atoms with Gasteiger partial charge in [0.2, 0.25) is 5.91 Å². The Balaban J connectivity index is 0.00000225. The molecule has 16 heavy (non-hydrogen) atoms. The number of methoxy groups -OCH3 is 1. The minimum Gasteiger partial charge on any atom is -0.497 e. The second kappa shape index (κ2) is 7.96. The van der Waals surface area contributed by atoms with Crippen molar-refractivity contribution < 1.29 is 9.53 Å². The van der Waals surface area contributed by atoms with E-state index in [1.54, 1.807) is 13.2 Å². The average Bonchev–Trinajstić information content (AvgIpc) is 2.26. The molecule has 5 heteroatoms. The zero-order valence-corrected chi connectivity index (χ0v) is 10.0. The quantitative estimate of drug-likeness (QED) is 0.830. The molecule has 4 nitrogen and oxygen atoms in total. The number of nitrogens with two attached hydrogens (primary N) is 1. The van der Waals surface area contributed by atoms with Crippen LogP contribution in [0.4, 0.5) is 5.69 Å². The summed E-state index contributed by atoms with van der Waals surface area (Å²) in [6.45, 7) is 0.533. The zero-order valence-electron chi connectivity index (χ0n) is 9.23. The molecule has 0 saturated heterocycles. The first-order chi connectivity index (χ1) is 7.26. The summed E-state index contributed by atoms with van der Waals surface area (Å²) in [7, 11) is 1.59. The molecular formula is C11H17ClN2O2. The first-order valence-corrected chi connectivity index (χ1v) is 4.90. The van der Waals surface area contributed by atoms with Gasteiger partial charge in [-0.3, -0.25) is 4.79 Å². The summed E-state index contributed by atoms with van der Waals surface area (Å²) >= 11 is 0. The van der Waals surface area contributed by atoms with E-state index >= 15 is 0 Å². The summed E-state index contributed by atoms with van der Waals surface area (Å²) in [4.78, 5) is 11.4. The van der Waals surface area contributed by atoms with Crippen LogP contribution < -0.4 is 15.8 Å². The molecule has 0 fully saturated rings. The van der Waals surface area contributed by atoms with Crippen molar-refractivity contribution in [3.05, 3.63) is 24.3 Å². The van der Waals surface area contributed by atoms with Crippen LogP contribution in [0.25, 0.3) is 0 Å². The van der Waals surface area contributed by atoms with Gasteiger partial charge in [0.1, 0.15) is 5.75 Å². The van der Waals surface area contributed by atoms with E-state index in [0.29, 0.717) is 19.4 Å². The van der Waals surface area contributed by atoms with E-state index in [-0.39, 0.29) is 18.3 Å². The lowest BCUT2D eigenvalue weighted by atomic mass is 10.2. The standard InChI is InChI=1S/C11H16N2O2.ClH/c1-15-10-5-2-4-9(8-10)13-11(14)6-3-7-12;/h2,4-5,8H,3,6-7,12H2,1H3,(H,13,14);1H. The maximum atomic E-state index is 11.4. The van der Waals surface area contributed by atoms with E-state index in [1.165, 1.54) is 0 Å². The average molecular weight is 245 g/mol. The zero-order chi connectivity index (χ0) is 11.1. The summed E-state index contributed by atoms with van der Waals surface area (Å²) in [5, 5.41) is 2.78. The van der Waals surface area contributed by atoms with Gasteiger partial charge in [0.15, 0.2) is 0 Å². The van der Waals surface area contributed by atoms with Crippen molar-refractivity contribution in [3.63, 3.8) is 0 Å². The van der Waals surface area contributed by atoms with Crippen LogP contribution >= 0.6 is 12.4 Å². The number of carbonyl (C=O) groups is 1. The fourth-order valence-corrected chi connectivity index (χ4v) is 1.19. The maximum absolute atomic E-state index is 11.4. The summed E-state index contributed by atoms with van der Waals surface area (Å²) < 4.78 is 5.05. The minimum absolute atomic E-state index is 0. The van der Waals surface area contributed by atoms with Gasteiger partial charge in [0, 0.05) is 18.2 Å². The second-order valence-corrected chi connectivity index (χ2v) is 3.17. The third kappa shape index (κ3) is 5.00. The number of amides is 1. The Labute approximate surface area is 102 Å². The molecule has 0 aliphatic carbocycles. The molecule has 1 aromatic rings. The fourth-order valence-electron chi connectivity index (χ4n) is 1.19. The Morgan fingerprint density at radius 2 is 2.25 bits per heavy atom. The highest BCUT2D eigenvalue weighted by Gasteiger charge is 2.01. The van der Waals surface area contributed by atoms with Gasteiger partial charge >= 0.3 is 0 Å². The number of rotatable bonds is 5. The van der Waals surface area contributed by atoms with Gasteiger partial charge in [-0.05, 0) is 25.1 Å². The van der Waals surface area contributed by atoms with E-state index < -0.39 is 0 Å². The third-order valence-corrected chi connectivity index (χ3v) is 1.96. The first-order valence-electron chi connectivity index (χ1n) is 4.90. The first kappa shape index (κ1) is 14.7. The molecule has 90 valence electrons. The second-order valence-electron chi connectivity index (χ2n) is 3.17. The lowest BCUT2D eigenvalue weighted by Crippen LogP contribution is -2.13. The van der Waals surface area contributed by atoms with E-state index in [2.05, 4.69) is 5.32 Å². The molecule has 0 bridgehead atoms. The van der Waals surface area contributed by atoms with Crippen LogP contribution in [0, 0.1) is 0 Å². The van der Waals surface area contributed by atoms with Crippen LogP contribution in [0.3, 0.4) is 0 Å². The molecule has 0 unspecified atom stereocenters. The van der Waals surface area contributed by atoms with Crippen molar-refractivity contribution in [2.75, 3.05) is 19.0 Å². The number of hydrogen-bond acceptors (Lipinski definition) is 3. The summed E-state index contributed by atoms with van der Waals surface area (Å²) in [6, 6.07) is 7.26. The highest BCUT2D eigenvalue weighted by atomic mass is 35.5. The minimum atomic E-state index is -0.0197. The van der Waals surface area contributed by atoms with Crippen molar-refractivity contribution in [2.45, 2.75) is 12.8 Å². The molecule has 0 saturated carbocycles. The Morgan fingerprint density at radius 1 is 1.50 bits per heavy atom. The topological polar surface area (TPSA) is 64.3 Å². The highest BCUT2D eigenvalue weighted by Crippen LogP contribution is 2.16.